The highest BCUT2D eigenvalue weighted by molar-refractivity contribution is 5.92. The Morgan fingerprint density at radius 2 is 1.85 bits per heavy atom. The van der Waals surface area contributed by atoms with Gasteiger partial charge in [0.15, 0.2) is 6.10 Å². The van der Waals surface area contributed by atoms with E-state index in [1.54, 1.807) is 30.3 Å². The van der Waals surface area contributed by atoms with E-state index in [2.05, 4.69) is 15.6 Å². The molecule has 1 aliphatic heterocycles. The van der Waals surface area contributed by atoms with E-state index < -0.39 is 66.9 Å². The third-order valence-electron chi connectivity index (χ3n) is 5.98. The van der Waals surface area contributed by atoms with Crippen LogP contribution in [0.2, 0.25) is 0 Å². The summed E-state index contributed by atoms with van der Waals surface area (Å²) in [5.41, 5.74) is -0.696. The van der Waals surface area contributed by atoms with E-state index in [0.717, 1.165) is 31.5 Å². The van der Waals surface area contributed by atoms with Gasteiger partial charge in [0, 0.05) is 18.3 Å². The lowest BCUT2D eigenvalue weighted by molar-refractivity contribution is -0.176. The summed E-state index contributed by atoms with van der Waals surface area (Å²) >= 11 is 0. The monoisotopic (exact) mass is 566 g/mol. The van der Waals surface area contributed by atoms with E-state index in [1.807, 2.05) is 6.92 Å². The smallest absolute Gasteiger partial charge is 0.412 e. The molecule has 0 spiro atoms. The Bertz CT molecular complexity index is 1210. The number of rotatable bonds is 13. The highest BCUT2D eigenvalue weighted by Crippen LogP contribution is 2.44. The van der Waals surface area contributed by atoms with Crippen LogP contribution >= 0.6 is 0 Å². The maximum atomic E-state index is 15.5. The fraction of sp³-hybridized carbons (Fsp3) is 0.500. The summed E-state index contributed by atoms with van der Waals surface area (Å²) in [6.07, 6.45) is -3.86. The van der Waals surface area contributed by atoms with Crippen molar-refractivity contribution in [1.82, 2.24) is 9.55 Å². The number of amides is 2. The van der Waals surface area contributed by atoms with Crippen LogP contribution in [-0.4, -0.2) is 64.0 Å². The van der Waals surface area contributed by atoms with Crippen LogP contribution in [0.3, 0.4) is 0 Å². The topological polar surface area (TPSA) is 158 Å². The summed E-state index contributed by atoms with van der Waals surface area (Å²) in [6.45, 7) is 1.14. The molecule has 2 heterocycles. The molecule has 1 aromatic heterocycles. The second-order valence-electron chi connectivity index (χ2n) is 9.01. The van der Waals surface area contributed by atoms with Crippen molar-refractivity contribution in [2.45, 2.75) is 69.8 Å². The quantitative estimate of drug-likeness (QED) is 0.244. The average molecular weight is 567 g/mol. The van der Waals surface area contributed by atoms with E-state index >= 15 is 8.78 Å². The zero-order valence-electron chi connectivity index (χ0n) is 21.9. The molecule has 3 atom stereocenters. The number of hydrogen-bond donors (Lipinski definition) is 3. The molecule has 3 N–H and O–H groups in total. The molecule has 0 saturated carbocycles. The first-order valence-corrected chi connectivity index (χ1v) is 12.9. The van der Waals surface area contributed by atoms with E-state index in [4.69, 9.17) is 14.2 Å². The van der Waals surface area contributed by atoms with Crippen LogP contribution in [0.5, 0.6) is 0 Å². The van der Waals surface area contributed by atoms with Gasteiger partial charge < -0.3 is 24.6 Å². The number of aliphatic hydroxyl groups excluding tert-OH is 1. The molecule has 2 aromatic rings. The maximum Gasteiger partial charge on any atom is 0.412 e. The summed E-state index contributed by atoms with van der Waals surface area (Å²) in [4.78, 5) is 52.6. The fourth-order valence-electron chi connectivity index (χ4n) is 3.98. The number of para-hydroxylation sites is 1. The van der Waals surface area contributed by atoms with Gasteiger partial charge in [0.2, 0.25) is 12.1 Å². The van der Waals surface area contributed by atoms with Crippen molar-refractivity contribution >= 4 is 29.5 Å². The molecule has 3 rings (SSSR count). The summed E-state index contributed by atoms with van der Waals surface area (Å²) < 4.78 is 46.7. The zero-order chi connectivity index (χ0) is 29.1. The first-order valence-electron chi connectivity index (χ1n) is 12.9. The van der Waals surface area contributed by atoms with Gasteiger partial charge in [0.25, 0.3) is 0 Å². The Balaban J connectivity index is 1.67. The minimum absolute atomic E-state index is 0.0885. The normalized spacial score (nSPS) is 19.6. The maximum absolute atomic E-state index is 15.5. The molecule has 40 heavy (non-hydrogen) atoms. The van der Waals surface area contributed by atoms with Gasteiger partial charge in [-0.1, -0.05) is 44.4 Å². The number of carbonyl (C=O) groups is 3. The Morgan fingerprint density at radius 1 is 1.10 bits per heavy atom. The molecule has 0 aliphatic carbocycles. The molecule has 218 valence electrons. The van der Waals surface area contributed by atoms with Gasteiger partial charge in [-0.2, -0.15) is 8.78 Å². The molecule has 1 aliphatic rings. The van der Waals surface area contributed by atoms with Gasteiger partial charge in [0.05, 0.1) is 19.6 Å². The predicted molar refractivity (Wildman–Crippen MR) is 138 cm³/mol. The number of alkyl halides is 2. The van der Waals surface area contributed by atoms with Crippen molar-refractivity contribution in [2.75, 3.05) is 23.8 Å². The largest absolute Gasteiger partial charge is 0.453 e. The number of hydrogen-bond acceptors (Lipinski definition) is 9. The average Bonchev–Trinajstić information content (AvgIpc) is 3.17. The Morgan fingerprint density at radius 3 is 2.55 bits per heavy atom. The van der Waals surface area contributed by atoms with Crippen molar-refractivity contribution in [3.8, 4) is 0 Å². The van der Waals surface area contributed by atoms with Gasteiger partial charge in [-0.25, -0.2) is 19.1 Å². The third kappa shape index (κ3) is 8.05. The van der Waals surface area contributed by atoms with Crippen molar-refractivity contribution in [2.24, 2.45) is 0 Å². The molecule has 1 fully saturated rings. The van der Waals surface area contributed by atoms with Crippen LogP contribution in [0.15, 0.2) is 47.4 Å². The van der Waals surface area contributed by atoms with Crippen molar-refractivity contribution in [3.05, 3.63) is 53.1 Å². The van der Waals surface area contributed by atoms with Gasteiger partial charge in [0.1, 0.15) is 11.9 Å². The number of carbonyl (C=O) groups excluding carboxylic acids is 3. The standard InChI is InChI=1S/C26H32F2N4O8/c1-2-3-4-8-15-38-25(37)31-19-13-14-29-24(36)32(19)23-26(27,28)22(18(16-33)39-23)40-21(35)12-11-20(34)30-17-9-6-5-7-10-17/h5-7,9-10,13-14,18,22-23,33H,2-4,8,11-12,15-16H2,1H3,(H,30,34)(H,31,37)/t18-,22-,23-/m1/s1. The predicted octanol–water partition coefficient (Wildman–Crippen LogP) is 3.23. The molecule has 0 radical (unpaired) electrons. The number of halogens is 2. The van der Waals surface area contributed by atoms with E-state index in [0.29, 0.717) is 16.7 Å². The third-order valence-corrected chi connectivity index (χ3v) is 5.98. The SMILES string of the molecule is CCCCCCOC(=O)Nc1ccnc(=O)n1[C@@H]1O[C@H](CO)[C@@H](OC(=O)CCC(=O)Nc2ccccc2)C1(F)F. The lowest BCUT2D eigenvalue weighted by atomic mass is 10.1. The molecule has 12 nitrogen and oxygen atoms in total. The van der Waals surface area contributed by atoms with Crippen molar-refractivity contribution in [3.63, 3.8) is 0 Å². The summed E-state index contributed by atoms with van der Waals surface area (Å²) in [5, 5.41) is 14.5. The lowest BCUT2D eigenvalue weighted by Crippen LogP contribution is -2.45. The number of benzene rings is 1. The molecular weight excluding hydrogens is 534 g/mol. The summed E-state index contributed by atoms with van der Waals surface area (Å²) in [6, 6.07) is 9.51. The molecule has 2 amide bonds. The number of esters is 1. The summed E-state index contributed by atoms with van der Waals surface area (Å²) in [7, 11) is 0. The van der Waals surface area contributed by atoms with Crippen LogP contribution in [-0.2, 0) is 23.8 Å². The van der Waals surface area contributed by atoms with Gasteiger partial charge in [-0.3, -0.25) is 14.9 Å². The van der Waals surface area contributed by atoms with Gasteiger partial charge in [-0.05, 0) is 24.6 Å². The summed E-state index contributed by atoms with van der Waals surface area (Å²) in [5.74, 6) is -6.12. The van der Waals surface area contributed by atoms with Gasteiger partial charge in [-0.15, -0.1) is 0 Å². The number of nitrogens with one attached hydrogen (secondary N) is 2. The van der Waals surface area contributed by atoms with Crippen LogP contribution in [0.25, 0.3) is 0 Å². The molecule has 0 unspecified atom stereocenters. The molecule has 1 aromatic carbocycles. The Labute approximate surface area is 228 Å². The second kappa shape index (κ2) is 14.5. The number of aliphatic hydroxyl groups is 1. The highest BCUT2D eigenvalue weighted by atomic mass is 19.3. The Hall–Kier alpha value is -3.91. The molecule has 0 bridgehead atoms. The fourth-order valence-corrected chi connectivity index (χ4v) is 3.98. The molecular formula is C26H32F2N4O8. The van der Waals surface area contributed by atoms with Crippen molar-refractivity contribution in [1.29, 1.82) is 0 Å². The van der Waals surface area contributed by atoms with E-state index in [9.17, 15) is 24.3 Å². The second-order valence-corrected chi connectivity index (χ2v) is 9.01. The van der Waals surface area contributed by atoms with E-state index in [-0.39, 0.29) is 13.0 Å². The first kappa shape index (κ1) is 30.6. The number of unbranched alkanes of at least 4 members (excludes halogenated alkanes) is 3. The number of aromatic nitrogens is 2. The number of nitrogens with zero attached hydrogens (tertiary/aromatic N) is 2. The van der Waals surface area contributed by atoms with Crippen molar-refractivity contribution < 1.29 is 42.5 Å². The van der Waals surface area contributed by atoms with Crippen LogP contribution in [0.1, 0.15) is 51.7 Å². The van der Waals surface area contributed by atoms with Crippen LogP contribution in [0.4, 0.5) is 25.1 Å². The zero-order valence-corrected chi connectivity index (χ0v) is 21.9. The van der Waals surface area contributed by atoms with Crippen LogP contribution < -0.4 is 16.3 Å². The number of ether oxygens (including phenoxy) is 3. The first-order chi connectivity index (χ1) is 19.2. The van der Waals surface area contributed by atoms with E-state index in [1.165, 1.54) is 0 Å². The minimum Gasteiger partial charge on any atom is -0.453 e. The lowest BCUT2D eigenvalue weighted by Gasteiger charge is -2.25. The Kier molecular flexibility index (Phi) is 11.1. The number of anilines is 2. The highest BCUT2D eigenvalue weighted by Gasteiger charge is 2.62. The minimum atomic E-state index is -4.04. The van der Waals surface area contributed by atoms with Crippen LogP contribution in [0, 0.1) is 0 Å². The molecule has 14 heteroatoms. The molecule has 1 saturated heterocycles. The van der Waals surface area contributed by atoms with Gasteiger partial charge >= 0.3 is 23.7 Å².